The Morgan fingerprint density at radius 1 is 0.875 bits per heavy atom. The molecule has 0 unspecified atom stereocenters. The maximum Gasteiger partial charge on any atom is 0.0867 e. The van der Waals surface area contributed by atoms with Crippen molar-refractivity contribution in [3.05, 3.63) is 114 Å². The summed E-state index contributed by atoms with van der Waals surface area (Å²) in [6.07, 6.45) is 13.9. The number of aliphatic imine (C=N–C) groups is 1. The van der Waals surface area contributed by atoms with E-state index in [-0.39, 0.29) is 11.4 Å². The largest absolute Gasteiger partial charge is 0.299 e. The van der Waals surface area contributed by atoms with Crippen LogP contribution in [0.4, 0.5) is 0 Å². The van der Waals surface area contributed by atoms with Crippen molar-refractivity contribution in [3.8, 4) is 11.1 Å². The summed E-state index contributed by atoms with van der Waals surface area (Å²) in [4.78, 5) is 8.17. The van der Waals surface area contributed by atoms with Gasteiger partial charge in [-0.3, -0.25) is 20.8 Å². The second-order valence-corrected chi connectivity index (χ2v) is 7.51. The summed E-state index contributed by atoms with van der Waals surface area (Å²) in [5.41, 5.74) is 7.38. The topological polar surface area (TPSA) is 73.0 Å². The molecule has 0 saturated carbocycles. The van der Waals surface area contributed by atoms with Gasteiger partial charge in [-0.2, -0.15) is 0 Å². The zero-order valence-corrected chi connectivity index (χ0v) is 17.9. The lowest BCUT2D eigenvalue weighted by Crippen LogP contribution is -2.16. The quantitative estimate of drug-likeness (QED) is 0.371. The van der Waals surface area contributed by atoms with Crippen molar-refractivity contribution in [1.29, 1.82) is 10.8 Å². The molecule has 0 atom stereocenters. The molecule has 0 radical (unpaired) electrons. The molecule has 1 heterocycles. The Hall–Kier alpha value is -4.18. The minimum Gasteiger partial charge on any atom is -0.299 e. The van der Waals surface area contributed by atoms with Crippen LogP contribution >= 0.6 is 0 Å². The lowest BCUT2D eigenvalue weighted by Gasteiger charge is -2.17. The average Bonchev–Trinajstić information content (AvgIpc) is 2.84. The fourth-order valence-corrected chi connectivity index (χ4v) is 3.67. The summed E-state index contributed by atoms with van der Waals surface area (Å²) < 4.78 is 0. The molecule has 2 aromatic carbocycles. The normalized spacial score (nSPS) is 14.2. The summed E-state index contributed by atoms with van der Waals surface area (Å²) in [5.74, 6) is 0. The fourth-order valence-electron chi connectivity index (χ4n) is 3.67. The van der Waals surface area contributed by atoms with Gasteiger partial charge in [-0.25, -0.2) is 0 Å². The van der Waals surface area contributed by atoms with Crippen LogP contribution in [0.1, 0.15) is 16.7 Å². The molecule has 2 N–H and O–H groups in total. The van der Waals surface area contributed by atoms with Crippen LogP contribution in [-0.4, -0.2) is 29.7 Å². The Morgan fingerprint density at radius 2 is 1.66 bits per heavy atom. The summed E-state index contributed by atoms with van der Waals surface area (Å²) in [6, 6.07) is 20.4. The fraction of sp³-hybridized carbons (Fsp3) is 0.0714. The van der Waals surface area contributed by atoms with Crippen LogP contribution in [0.5, 0.6) is 0 Å². The first-order chi connectivity index (χ1) is 15.7. The molecule has 4 nitrogen and oxygen atoms in total. The van der Waals surface area contributed by atoms with Gasteiger partial charge in [-0.1, -0.05) is 54.6 Å². The molecule has 4 heteroatoms. The Labute approximate surface area is 188 Å². The van der Waals surface area contributed by atoms with Crippen LogP contribution < -0.4 is 0 Å². The van der Waals surface area contributed by atoms with E-state index in [0.717, 1.165) is 45.4 Å². The van der Waals surface area contributed by atoms with Crippen LogP contribution in [0.2, 0.25) is 0 Å². The van der Waals surface area contributed by atoms with Crippen molar-refractivity contribution in [2.75, 3.05) is 7.05 Å². The van der Waals surface area contributed by atoms with Gasteiger partial charge in [0.15, 0.2) is 0 Å². The molecule has 0 saturated heterocycles. The summed E-state index contributed by atoms with van der Waals surface area (Å²) in [7, 11) is 1.75. The Kier molecular flexibility index (Phi) is 6.42. The van der Waals surface area contributed by atoms with E-state index in [1.165, 1.54) is 0 Å². The smallest absolute Gasteiger partial charge is 0.0867 e. The number of nitrogens with one attached hydrogen (secondary N) is 2. The predicted molar refractivity (Wildman–Crippen MR) is 135 cm³/mol. The standard InChI is InChI=1S/C28H24N4/c1-31-13-3-2-7-20-8-4-11-23(15-20)26-17-25(18-27(29)28(26)30)22-10-5-9-21(16-22)24-12-6-14-32-19-24/h2-6,8-19,29-30H,7H2,1H3/b3-2-,29-27?,30-28?,31-13?. The van der Waals surface area contributed by atoms with Crippen molar-refractivity contribution >= 4 is 28.8 Å². The van der Waals surface area contributed by atoms with Gasteiger partial charge in [0.25, 0.3) is 0 Å². The van der Waals surface area contributed by atoms with Crippen LogP contribution in [0.3, 0.4) is 0 Å². The average molecular weight is 417 g/mol. The second kappa shape index (κ2) is 9.75. The third-order valence-corrected chi connectivity index (χ3v) is 5.29. The lowest BCUT2D eigenvalue weighted by molar-refractivity contribution is 1.27. The SMILES string of the molecule is CN=C/C=C\Cc1cccc(C2=CC(c3cccc(-c4cccnc4)c3)=CC(=N)C2=N)c1. The summed E-state index contributed by atoms with van der Waals surface area (Å²) >= 11 is 0. The molecule has 1 aliphatic rings. The van der Waals surface area contributed by atoms with Crippen LogP contribution in [0, 0.1) is 10.8 Å². The molecule has 1 aliphatic carbocycles. The first kappa shape index (κ1) is 21.1. The van der Waals surface area contributed by atoms with Gasteiger partial charge in [0.1, 0.15) is 0 Å². The van der Waals surface area contributed by atoms with Gasteiger partial charge < -0.3 is 0 Å². The summed E-state index contributed by atoms with van der Waals surface area (Å²) in [5, 5.41) is 16.9. The van der Waals surface area contributed by atoms with E-state index in [2.05, 4.69) is 40.3 Å². The molecule has 32 heavy (non-hydrogen) atoms. The number of pyridine rings is 1. The molecule has 4 rings (SSSR count). The maximum atomic E-state index is 8.50. The molecule has 0 spiro atoms. The lowest BCUT2D eigenvalue weighted by atomic mass is 9.87. The number of aromatic nitrogens is 1. The number of hydrogen-bond acceptors (Lipinski definition) is 4. The molecule has 3 aromatic rings. The first-order valence-corrected chi connectivity index (χ1v) is 10.4. The van der Waals surface area contributed by atoms with Gasteiger partial charge in [0, 0.05) is 36.8 Å². The highest BCUT2D eigenvalue weighted by Crippen LogP contribution is 2.30. The van der Waals surface area contributed by atoms with Crippen LogP contribution in [-0.2, 0) is 6.42 Å². The van der Waals surface area contributed by atoms with Gasteiger partial charge in [-0.05, 0) is 64.6 Å². The number of hydrogen-bond donors (Lipinski definition) is 2. The highest BCUT2D eigenvalue weighted by Gasteiger charge is 2.19. The summed E-state index contributed by atoms with van der Waals surface area (Å²) in [6.45, 7) is 0. The monoisotopic (exact) mass is 416 g/mol. The third kappa shape index (κ3) is 4.76. The molecule has 0 amide bonds. The van der Waals surface area contributed by atoms with Gasteiger partial charge >= 0.3 is 0 Å². The molecule has 0 aliphatic heterocycles. The maximum absolute atomic E-state index is 8.50. The van der Waals surface area contributed by atoms with E-state index in [4.69, 9.17) is 10.8 Å². The Morgan fingerprint density at radius 3 is 2.47 bits per heavy atom. The number of allylic oxidation sites excluding steroid dienone is 6. The molecule has 156 valence electrons. The highest BCUT2D eigenvalue weighted by molar-refractivity contribution is 6.61. The second-order valence-electron chi connectivity index (χ2n) is 7.51. The molecule has 1 aromatic heterocycles. The number of rotatable bonds is 6. The van der Waals surface area contributed by atoms with E-state index in [0.29, 0.717) is 0 Å². The minimum atomic E-state index is 0.216. The Bertz CT molecular complexity index is 1280. The highest BCUT2D eigenvalue weighted by atomic mass is 14.6. The molecule has 0 bridgehead atoms. The van der Waals surface area contributed by atoms with Crippen molar-refractivity contribution in [2.24, 2.45) is 4.99 Å². The van der Waals surface area contributed by atoms with Gasteiger partial charge in [0.2, 0.25) is 0 Å². The minimum absolute atomic E-state index is 0.216. The molecular weight excluding hydrogens is 392 g/mol. The van der Waals surface area contributed by atoms with Crippen LogP contribution in [0.15, 0.2) is 102 Å². The molecule has 0 fully saturated rings. The van der Waals surface area contributed by atoms with E-state index >= 15 is 0 Å². The number of benzene rings is 2. The zero-order valence-electron chi connectivity index (χ0n) is 17.9. The zero-order chi connectivity index (χ0) is 22.3. The van der Waals surface area contributed by atoms with Gasteiger partial charge in [-0.15, -0.1) is 0 Å². The van der Waals surface area contributed by atoms with E-state index in [9.17, 15) is 0 Å². The third-order valence-electron chi connectivity index (χ3n) is 5.29. The van der Waals surface area contributed by atoms with E-state index in [1.54, 1.807) is 25.5 Å². The number of nitrogens with zero attached hydrogens (tertiary/aromatic N) is 2. The predicted octanol–water partition coefficient (Wildman–Crippen LogP) is 6.07. The molecular formula is C28H24N4. The van der Waals surface area contributed by atoms with E-state index in [1.807, 2.05) is 54.7 Å². The Balaban J connectivity index is 1.68. The van der Waals surface area contributed by atoms with Crippen molar-refractivity contribution in [1.82, 2.24) is 4.98 Å². The van der Waals surface area contributed by atoms with Gasteiger partial charge in [0.05, 0.1) is 11.4 Å². The van der Waals surface area contributed by atoms with E-state index < -0.39 is 0 Å². The first-order valence-electron chi connectivity index (χ1n) is 10.4. The van der Waals surface area contributed by atoms with Crippen molar-refractivity contribution < 1.29 is 0 Å². The van der Waals surface area contributed by atoms with Crippen molar-refractivity contribution in [2.45, 2.75) is 6.42 Å². The van der Waals surface area contributed by atoms with Crippen LogP contribution in [0.25, 0.3) is 22.3 Å². The van der Waals surface area contributed by atoms with Crippen molar-refractivity contribution in [3.63, 3.8) is 0 Å².